The van der Waals surface area contributed by atoms with Crippen LogP contribution in [0.5, 0.6) is 0 Å². The third kappa shape index (κ3) is 7.13. The fourth-order valence-corrected chi connectivity index (χ4v) is 2.27. The molecule has 0 atom stereocenters. The Balaban J connectivity index is 2.57. The fourth-order valence-electron chi connectivity index (χ4n) is 1.85. The average molecular weight is 313 g/mol. The molecule has 1 amide bonds. The van der Waals surface area contributed by atoms with Gasteiger partial charge in [-0.2, -0.15) is 0 Å². The number of hydrogen-bond donors (Lipinski definition) is 2. The zero-order valence-corrected chi connectivity index (χ0v) is 13.8. The van der Waals surface area contributed by atoms with Crippen LogP contribution < -0.4 is 5.32 Å². The number of thiol groups is 1. The van der Waals surface area contributed by atoms with Gasteiger partial charge in [0, 0.05) is 6.54 Å². The lowest BCUT2D eigenvalue weighted by Gasteiger charge is -2.19. The largest absolute Gasteiger partial charge is 0.444 e. The molecule has 5 nitrogen and oxygen atoms in total. The normalized spacial score (nSPS) is 11.5. The van der Waals surface area contributed by atoms with Crippen molar-refractivity contribution in [1.82, 2.24) is 5.32 Å². The summed E-state index contributed by atoms with van der Waals surface area (Å²) >= 11 is 0. The Kier molecular flexibility index (Phi) is 6.20. The van der Waals surface area contributed by atoms with Gasteiger partial charge < -0.3 is 10.1 Å². The minimum atomic E-state index is -2.35. The Hall–Kier alpha value is -1.56. The van der Waals surface area contributed by atoms with E-state index in [4.69, 9.17) is 4.74 Å². The first-order valence-electron chi connectivity index (χ1n) is 6.84. The van der Waals surface area contributed by atoms with Gasteiger partial charge in [-0.15, -0.1) is 0 Å². The van der Waals surface area contributed by atoms with Crippen LogP contribution in [-0.4, -0.2) is 25.9 Å². The third-order valence-electron chi connectivity index (χ3n) is 2.81. The molecule has 0 spiro atoms. The summed E-state index contributed by atoms with van der Waals surface area (Å²) in [7, 11) is -2.35. The molecule has 1 N–H and O–H groups in total. The quantitative estimate of drug-likeness (QED) is 0.817. The maximum absolute atomic E-state index is 11.6. The van der Waals surface area contributed by atoms with Crippen molar-refractivity contribution < 1.29 is 17.9 Å². The van der Waals surface area contributed by atoms with E-state index in [9.17, 15) is 13.2 Å². The monoisotopic (exact) mass is 313 g/mol. The number of ether oxygens (including phenoxy) is 1. The van der Waals surface area contributed by atoms with Crippen molar-refractivity contribution in [2.24, 2.45) is 0 Å². The van der Waals surface area contributed by atoms with Crippen LogP contribution in [-0.2, 0) is 28.4 Å². The Bertz CT molecular complexity index is 566. The summed E-state index contributed by atoms with van der Waals surface area (Å²) in [4.78, 5) is 11.6. The van der Waals surface area contributed by atoms with Crippen LogP contribution in [0.2, 0.25) is 0 Å². The molecule has 1 rings (SSSR count). The average Bonchev–Trinajstić information content (AvgIpc) is 2.33. The molecule has 0 fully saturated rings. The number of hydrogen-bond acceptors (Lipinski definition) is 4. The van der Waals surface area contributed by atoms with E-state index in [2.05, 4.69) is 5.32 Å². The third-order valence-corrected chi connectivity index (χ3v) is 3.40. The van der Waals surface area contributed by atoms with Crippen LogP contribution in [0.15, 0.2) is 18.2 Å². The highest BCUT2D eigenvalue weighted by Gasteiger charge is 2.15. The zero-order valence-electron chi connectivity index (χ0n) is 12.9. The summed E-state index contributed by atoms with van der Waals surface area (Å²) < 4.78 is 26.4. The predicted octanol–water partition coefficient (Wildman–Crippen LogP) is 2.17. The van der Waals surface area contributed by atoms with E-state index < -0.39 is 22.4 Å². The van der Waals surface area contributed by atoms with Crippen LogP contribution in [0.3, 0.4) is 0 Å². The number of benzene rings is 1. The van der Waals surface area contributed by atoms with Gasteiger partial charge >= 0.3 is 6.09 Å². The van der Waals surface area contributed by atoms with Gasteiger partial charge in [-0.25, -0.2) is 13.2 Å². The first kappa shape index (κ1) is 17.5. The molecule has 0 unspecified atom stereocenters. The molecule has 1 aromatic rings. The summed E-state index contributed by atoms with van der Waals surface area (Å²) in [6, 6.07) is 5.74. The maximum Gasteiger partial charge on any atom is 0.407 e. The van der Waals surface area contributed by atoms with Crippen molar-refractivity contribution in [2.75, 3.05) is 5.75 Å². The van der Waals surface area contributed by atoms with Crippen molar-refractivity contribution in [3.63, 3.8) is 0 Å². The van der Waals surface area contributed by atoms with Crippen LogP contribution in [0.25, 0.3) is 0 Å². The van der Waals surface area contributed by atoms with E-state index in [1.54, 1.807) is 0 Å². The molecular formula is C15H23NO4S. The van der Waals surface area contributed by atoms with Gasteiger partial charge in [-0.1, -0.05) is 18.2 Å². The number of aryl methyl sites for hydroxylation is 2. The number of carbonyl (C=O) groups is 1. The summed E-state index contributed by atoms with van der Waals surface area (Å²) in [5, 5.41) is 2.69. The summed E-state index contributed by atoms with van der Waals surface area (Å²) in [5.74, 6) is 0.158. The predicted molar refractivity (Wildman–Crippen MR) is 83.1 cm³/mol. The van der Waals surface area contributed by atoms with Gasteiger partial charge in [0.05, 0.1) is 5.75 Å². The molecule has 0 aliphatic heterocycles. The summed E-state index contributed by atoms with van der Waals surface area (Å²) in [5.41, 5.74) is 2.47. The molecule has 0 saturated carbocycles. The first-order valence-corrected chi connectivity index (χ1v) is 8.21. The van der Waals surface area contributed by atoms with E-state index in [1.165, 1.54) is 0 Å². The molecule has 0 aromatic heterocycles. The van der Waals surface area contributed by atoms with Crippen molar-refractivity contribution >= 4 is 16.8 Å². The molecule has 0 radical (unpaired) electrons. The van der Waals surface area contributed by atoms with E-state index in [1.807, 2.05) is 45.9 Å². The Morgan fingerprint density at radius 1 is 1.29 bits per heavy atom. The molecule has 6 heteroatoms. The number of rotatable bonds is 5. The van der Waals surface area contributed by atoms with Crippen LogP contribution in [0.4, 0.5) is 4.79 Å². The van der Waals surface area contributed by atoms with Crippen molar-refractivity contribution in [3.8, 4) is 0 Å². The van der Waals surface area contributed by atoms with Crippen LogP contribution in [0.1, 0.15) is 37.5 Å². The highest BCUT2D eigenvalue weighted by atomic mass is 32.2. The van der Waals surface area contributed by atoms with E-state index >= 15 is 0 Å². The molecular weight excluding hydrogens is 290 g/mol. The van der Waals surface area contributed by atoms with E-state index in [0.29, 0.717) is 13.0 Å². The minimum Gasteiger partial charge on any atom is -0.444 e. The lowest BCUT2D eigenvalue weighted by atomic mass is 10.0. The summed E-state index contributed by atoms with van der Waals surface area (Å²) in [6.07, 6.45) is 0.0669. The van der Waals surface area contributed by atoms with Crippen molar-refractivity contribution in [1.29, 1.82) is 0 Å². The van der Waals surface area contributed by atoms with Gasteiger partial charge in [0.2, 0.25) is 0 Å². The minimum absolute atomic E-state index is 0.158. The Morgan fingerprint density at radius 2 is 1.95 bits per heavy atom. The summed E-state index contributed by atoms with van der Waals surface area (Å²) in [6.45, 7) is 7.75. The molecule has 0 heterocycles. The molecule has 0 aliphatic carbocycles. The molecule has 21 heavy (non-hydrogen) atoms. The second kappa shape index (κ2) is 7.45. The van der Waals surface area contributed by atoms with Gasteiger partial charge in [0.15, 0.2) is 0 Å². The topological polar surface area (TPSA) is 72.5 Å². The second-order valence-corrected chi connectivity index (χ2v) is 7.04. The highest BCUT2D eigenvalue weighted by Crippen LogP contribution is 2.12. The molecule has 0 bridgehead atoms. The molecule has 1 aromatic carbocycles. The van der Waals surface area contributed by atoms with Crippen LogP contribution >= 0.6 is 0 Å². The zero-order chi connectivity index (χ0) is 16.0. The Morgan fingerprint density at radius 3 is 2.48 bits per heavy atom. The highest BCUT2D eigenvalue weighted by molar-refractivity contribution is 7.72. The van der Waals surface area contributed by atoms with Gasteiger partial charge in [0.25, 0.3) is 0 Å². The number of nitrogens with one attached hydrogen (secondary N) is 1. The lowest BCUT2D eigenvalue weighted by molar-refractivity contribution is 0.0523. The molecule has 0 aliphatic rings. The van der Waals surface area contributed by atoms with Gasteiger partial charge in [0.1, 0.15) is 16.3 Å². The second-order valence-electron chi connectivity index (χ2n) is 5.92. The van der Waals surface area contributed by atoms with Crippen LogP contribution in [0, 0.1) is 6.92 Å². The number of amides is 1. The molecule has 0 saturated heterocycles. The van der Waals surface area contributed by atoms with Gasteiger partial charge in [-0.3, -0.25) is 0 Å². The Labute approximate surface area is 127 Å². The van der Waals surface area contributed by atoms with Crippen molar-refractivity contribution in [2.45, 2.75) is 46.3 Å². The van der Waals surface area contributed by atoms with Crippen molar-refractivity contribution in [3.05, 3.63) is 34.9 Å². The number of carbonyl (C=O) groups excluding carboxylic acids is 1. The molecule has 118 valence electrons. The van der Waals surface area contributed by atoms with E-state index in [-0.39, 0.29) is 5.75 Å². The smallest absolute Gasteiger partial charge is 0.407 e. The lowest BCUT2D eigenvalue weighted by Crippen LogP contribution is -2.32. The first-order chi connectivity index (χ1) is 9.67. The standard InChI is InChI=1S/C15H23NO4S/c1-11-9-12(5-6-13(11)7-8-21(18)19)10-16-14(17)20-15(2,3)4/h5-6,9,21H,7-8,10H2,1-4H3,(H,16,17). The maximum atomic E-state index is 11.6. The van der Waals surface area contributed by atoms with Gasteiger partial charge in [-0.05, 0) is 50.8 Å². The number of alkyl carbamates (subject to hydrolysis) is 1. The SMILES string of the molecule is Cc1cc(CNC(=O)OC(C)(C)C)ccc1CC[SH](=O)=O. The fraction of sp³-hybridized carbons (Fsp3) is 0.533. The van der Waals surface area contributed by atoms with E-state index in [0.717, 1.165) is 16.7 Å².